The van der Waals surface area contributed by atoms with Crippen LogP contribution in [0.1, 0.15) is 21.6 Å². The van der Waals surface area contributed by atoms with Crippen molar-refractivity contribution in [2.24, 2.45) is 7.05 Å². The minimum absolute atomic E-state index is 0.132. The van der Waals surface area contributed by atoms with Crippen molar-refractivity contribution in [2.75, 3.05) is 19.5 Å². The SMILES string of the molecule is COc1ccc(NC(=O)c2c(C)cc(C)n(C)c2=O)cc1OC. The maximum absolute atomic E-state index is 12.5. The van der Waals surface area contributed by atoms with E-state index in [1.165, 1.54) is 18.8 Å². The lowest BCUT2D eigenvalue weighted by molar-refractivity contribution is 0.102. The first kappa shape index (κ1) is 16.6. The Balaban J connectivity index is 2.37. The Bertz CT molecular complexity index is 809. The first-order valence-electron chi connectivity index (χ1n) is 7.09. The quantitative estimate of drug-likeness (QED) is 0.939. The maximum atomic E-state index is 12.5. The molecule has 1 N–H and O–H groups in total. The fraction of sp³-hybridized carbons (Fsp3) is 0.294. The zero-order chi connectivity index (χ0) is 17.1. The predicted octanol–water partition coefficient (Wildman–Crippen LogP) is 2.27. The second-order valence-corrected chi connectivity index (χ2v) is 5.23. The zero-order valence-electron chi connectivity index (χ0n) is 13.9. The Labute approximate surface area is 134 Å². The second kappa shape index (κ2) is 6.56. The van der Waals surface area contributed by atoms with Crippen molar-refractivity contribution in [1.82, 2.24) is 4.57 Å². The van der Waals surface area contributed by atoms with Gasteiger partial charge in [-0.15, -0.1) is 0 Å². The monoisotopic (exact) mass is 316 g/mol. The Hall–Kier alpha value is -2.76. The van der Waals surface area contributed by atoms with Gasteiger partial charge >= 0.3 is 0 Å². The van der Waals surface area contributed by atoms with Gasteiger partial charge in [-0.25, -0.2) is 0 Å². The number of hydrogen-bond donors (Lipinski definition) is 1. The van der Waals surface area contributed by atoms with Crippen molar-refractivity contribution in [3.63, 3.8) is 0 Å². The maximum Gasteiger partial charge on any atom is 0.263 e. The van der Waals surface area contributed by atoms with Crippen molar-refractivity contribution in [3.8, 4) is 11.5 Å². The molecule has 6 nitrogen and oxygen atoms in total. The Morgan fingerprint density at radius 3 is 2.35 bits per heavy atom. The molecule has 0 atom stereocenters. The number of carbonyl (C=O) groups is 1. The number of methoxy groups -OCH3 is 2. The third-order valence-corrected chi connectivity index (χ3v) is 3.74. The summed E-state index contributed by atoms with van der Waals surface area (Å²) in [5, 5.41) is 2.72. The normalized spacial score (nSPS) is 10.3. The highest BCUT2D eigenvalue weighted by molar-refractivity contribution is 6.05. The van der Waals surface area contributed by atoms with E-state index >= 15 is 0 Å². The largest absolute Gasteiger partial charge is 0.493 e. The zero-order valence-corrected chi connectivity index (χ0v) is 13.9. The van der Waals surface area contributed by atoms with Crippen molar-refractivity contribution >= 4 is 11.6 Å². The van der Waals surface area contributed by atoms with Gasteiger partial charge in [-0.3, -0.25) is 9.59 Å². The molecule has 1 aromatic carbocycles. The van der Waals surface area contributed by atoms with Crippen molar-refractivity contribution in [3.05, 3.63) is 51.4 Å². The lowest BCUT2D eigenvalue weighted by Gasteiger charge is -2.13. The van der Waals surface area contributed by atoms with Gasteiger partial charge in [0, 0.05) is 24.5 Å². The summed E-state index contributed by atoms with van der Waals surface area (Å²) in [5.41, 5.74) is 1.78. The summed E-state index contributed by atoms with van der Waals surface area (Å²) in [4.78, 5) is 24.8. The molecule has 122 valence electrons. The van der Waals surface area contributed by atoms with Gasteiger partial charge in [0.15, 0.2) is 11.5 Å². The van der Waals surface area contributed by atoms with Crippen LogP contribution in [0.25, 0.3) is 0 Å². The fourth-order valence-corrected chi connectivity index (χ4v) is 2.36. The van der Waals surface area contributed by atoms with Gasteiger partial charge in [0.05, 0.1) is 14.2 Å². The third-order valence-electron chi connectivity index (χ3n) is 3.74. The van der Waals surface area contributed by atoms with Crippen LogP contribution in [0.15, 0.2) is 29.1 Å². The molecule has 0 fully saturated rings. The minimum atomic E-state index is -0.449. The van der Waals surface area contributed by atoms with Crippen LogP contribution in [0.4, 0.5) is 5.69 Å². The predicted molar refractivity (Wildman–Crippen MR) is 88.7 cm³/mol. The molecule has 1 aromatic heterocycles. The van der Waals surface area contributed by atoms with Gasteiger partial charge < -0.3 is 19.4 Å². The number of nitrogens with one attached hydrogen (secondary N) is 1. The molecule has 1 heterocycles. The number of aromatic nitrogens is 1. The highest BCUT2D eigenvalue weighted by Crippen LogP contribution is 2.29. The minimum Gasteiger partial charge on any atom is -0.493 e. The lowest BCUT2D eigenvalue weighted by Crippen LogP contribution is -2.30. The van der Waals surface area contributed by atoms with E-state index in [4.69, 9.17) is 9.47 Å². The molecule has 0 unspecified atom stereocenters. The second-order valence-electron chi connectivity index (χ2n) is 5.23. The average molecular weight is 316 g/mol. The number of anilines is 1. The number of carbonyl (C=O) groups excluding carboxylic acids is 1. The molecule has 1 amide bonds. The number of nitrogens with zero attached hydrogens (tertiary/aromatic N) is 1. The van der Waals surface area contributed by atoms with Crippen LogP contribution in [-0.4, -0.2) is 24.7 Å². The molecule has 23 heavy (non-hydrogen) atoms. The molecule has 2 rings (SSSR count). The summed E-state index contributed by atoms with van der Waals surface area (Å²) in [7, 11) is 4.70. The summed E-state index contributed by atoms with van der Waals surface area (Å²) >= 11 is 0. The number of ether oxygens (including phenoxy) is 2. The number of benzene rings is 1. The number of rotatable bonds is 4. The van der Waals surface area contributed by atoms with Gasteiger partial charge in [-0.1, -0.05) is 0 Å². The van der Waals surface area contributed by atoms with Crippen LogP contribution in [-0.2, 0) is 7.05 Å². The molecule has 0 spiro atoms. The van der Waals surface area contributed by atoms with E-state index < -0.39 is 5.91 Å². The number of pyridine rings is 1. The van der Waals surface area contributed by atoms with Gasteiger partial charge in [0.1, 0.15) is 5.56 Å². The summed E-state index contributed by atoms with van der Waals surface area (Å²) in [5.74, 6) is 0.613. The van der Waals surface area contributed by atoms with Crippen molar-refractivity contribution in [2.45, 2.75) is 13.8 Å². The lowest BCUT2D eigenvalue weighted by atomic mass is 10.1. The molecule has 0 bridgehead atoms. The molecular weight excluding hydrogens is 296 g/mol. The van der Waals surface area contributed by atoms with Crippen LogP contribution < -0.4 is 20.3 Å². The number of hydrogen-bond acceptors (Lipinski definition) is 4. The van der Waals surface area contributed by atoms with Crippen LogP contribution in [0.2, 0.25) is 0 Å². The number of amides is 1. The van der Waals surface area contributed by atoms with Crippen LogP contribution >= 0.6 is 0 Å². The average Bonchev–Trinajstić information content (AvgIpc) is 2.52. The van der Waals surface area contributed by atoms with Crippen molar-refractivity contribution < 1.29 is 14.3 Å². The summed E-state index contributed by atoms with van der Waals surface area (Å²) < 4.78 is 11.8. The highest BCUT2D eigenvalue weighted by Gasteiger charge is 2.17. The van der Waals surface area contributed by atoms with Gasteiger partial charge in [0.2, 0.25) is 0 Å². The van der Waals surface area contributed by atoms with E-state index in [0.29, 0.717) is 22.7 Å². The van der Waals surface area contributed by atoms with Crippen LogP contribution in [0, 0.1) is 13.8 Å². The topological polar surface area (TPSA) is 69.6 Å². The highest BCUT2D eigenvalue weighted by atomic mass is 16.5. The Morgan fingerprint density at radius 2 is 1.74 bits per heavy atom. The Morgan fingerprint density at radius 1 is 1.09 bits per heavy atom. The van der Waals surface area contributed by atoms with E-state index in [0.717, 1.165) is 5.69 Å². The summed E-state index contributed by atoms with van der Waals surface area (Å²) in [6.45, 7) is 3.57. The van der Waals surface area contributed by atoms with Gasteiger partial charge in [-0.05, 0) is 37.6 Å². The molecule has 6 heteroatoms. The molecule has 0 aliphatic carbocycles. The molecule has 0 aliphatic rings. The van der Waals surface area contributed by atoms with E-state index in [9.17, 15) is 9.59 Å². The first-order valence-corrected chi connectivity index (χ1v) is 7.09. The molecule has 0 saturated carbocycles. The Kier molecular flexibility index (Phi) is 4.74. The fourth-order valence-electron chi connectivity index (χ4n) is 2.36. The molecular formula is C17H20N2O4. The number of aryl methyl sites for hydroxylation is 2. The molecule has 2 aromatic rings. The standard InChI is InChI=1S/C17H20N2O4/c1-10-8-11(2)19(3)17(21)15(10)16(20)18-12-6-7-13(22-4)14(9-12)23-5/h6-9H,1-5H3,(H,18,20). The van der Waals surface area contributed by atoms with Crippen LogP contribution in [0.3, 0.4) is 0 Å². The van der Waals surface area contributed by atoms with Gasteiger partial charge in [0.25, 0.3) is 11.5 Å². The van der Waals surface area contributed by atoms with Crippen LogP contribution in [0.5, 0.6) is 11.5 Å². The first-order chi connectivity index (χ1) is 10.9. The third kappa shape index (κ3) is 3.21. The molecule has 0 saturated heterocycles. The van der Waals surface area contributed by atoms with E-state index in [2.05, 4.69) is 5.32 Å². The van der Waals surface area contributed by atoms with Crippen molar-refractivity contribution in [1.29, 1.82) is 0 Å². The summed E-state index contributed by atoms with van der Waals surface area (Å²) in [6, 6.07) is 6.83. The van der Waals surface area contributed by atoms with E-state index in [-0.39, 0.29) is 11.1 Å². The molecule has 0 aliphatic heterocycles. The summed E-state index contributed by atoms with van der Waals surface area (Å²) in [6.07, 6.45) is 0. The van der Waals surface area contributed by atoms with E-state index in [1.54, 1.807) is 32.2 Å². The van der Waals surface area contributed by atoms with Gasteiger partial charge in [-0.2, -0.15) is 0 Å². The molecule has 0 radical (unpaired) electrons. The smallest absolute Gasteiger partial charge is 0.263 e. The van der Waals surface area contributed by atoms with E-state index in [1.807, 2.05) is 13.0 Å².